The highest BCUT2D eigenvalue weighted by molar-refractivity contribution is 7.71. The van der Waals surface area contributed by atoms with Crippen LogP contribution in [-0.4, -0.2) is 37.7 Å². The van der Waals surface area contributed by atoms with Crippen LogP contribution in [0.4, 0.5) is 0 Å². The van der Waals surface area contributed by atoms with E-state index in [9.17, 15) is 4.79 Å². The first-order valence-electron chi connectivity index (χ1n) is 11.1. The molecule has 4 rings (SSSR count). The van der Waals surface area contributed by atoms with E-state index in [1.807, 2.05) is 4.57 Å². The van der Waals surface area contributed by atoms with Crippen LogP contribution in [0.3, 0.4) is 0 Å². The minimum absolute atomic E-state index is 0.283. The molecule has 2 aromatic rings. The van der Waals surface area contributed by atoms with Crippen molar-refractivity contribution in [3.05, 3.63) is 34.6 Å². The van der Waals surface area contributed by atoms with Crippen molar-refractivity contribution in [3.63, 3.8) is 0 Å². The summed E-state index contributed by atoms with van der Waals surface area (Å²) in [6, 6.07) is 9.17. The van der Waals surface area contributed by atoms with Crippen molar-refractivity contribution in [1.29, 1.82) is 0 Å². The first-order valence-corrected chi connectivity index (χ1v) is 11.5. The number of carbonyl (C=O) groups excluding carboxylic acids is 1. The average Bonchev–Trinajstić information content (AvgIpc) is 3.50. The lowest BCUT2D eigenvalue weighted by molar-refractivity contribution is -0.135. The van der Waals surface area contributed by atoms with E-state index in [0.29, 0.717) is 29.8 Å². The van der Waals surface area contributed by atoms with E-state index in [-0.39, 0.29) is 5.91 Å². The van der Waals surface area contributed by atoms with Gasteiger partial charge in [-0.05, 0) is 63.6 Å². The van der Waals surface area contributed by atoms with Crippen LogP contribution in [0.2, 0.25) is 0 Å². The van der Waals surface area contributed by atoms with Crippen LogP contribution < -0.4 is 0 Å². The molecule has 0 unspecified atom stereocenters. The number of nitrogens with zero attached hydrogens (tertiary/aromatic N) is 3. The molecule has 6 heteroatoms. The Hall–Kier alpha value is -1.95. The Morgan fingerprint density at radius 1 is 1.14 bits per heavy atom. The van der Waals surface area contributed by atoms with Crippen LogP contribution in [0, 0.1) is 17.6 Å². The third-order valence-electron chi connectivity index (χ3n) is 6.63. The van der Waals surface area contributed by atoms with Gasteiger partial charge >= 0.3 is 0 Å². The van der Waals surface area contributed by atoms with Gasteiger partial charge in [-0.2, -0.15) is 5.10 Å². The largest absolute Gasteiger partial charge is 0.337 e. The predicted molar refractivity (Wildman–Crippen MR) is 118 cm³/mol. The molecule has 0 spiro atoms. The molecule has 156 valence electrons. The molecule has 1 N–H and O–H groups in total. The number of benzene rings is 1. The van der Waals surface area contributed by atoms with Crippen LogP contribution in [0.5, 0.6) is 0 Å². The summed E-state index contributed by atoms with van der Waals surface area (Å²) >= 11 is 5.45. The van der Waals surface area contributed by atoms with Gasteiger partial charge in [0.1, 0.15) is 0 Å². The minimum atomic E-state index is 0.283. The quantitative estimate of drug-likeness (QED) is 0.631. The fourth-order valence-electron chi connectivity index (χ4n) is 4.67. The first kappa shape index (κ1) is 20.3. The van der Waals surface area contributed by atoms with Crippen LogP contribution >= 0.6 is 12.2 Å². The maximum atomic E-state index is 13.2. The van der Waals surface area contributed by atoms with Crippen molar-refractivity contribution in [2.45, 2.75) is 83.8 Å². The molecular weight excluding hydrogens is 380 g/mol. The Kier molecular flexibility index (Phi) is 6.18. The van der Waals surface area contributed by atoms with Gasteiger partial charge in [0.15, 0.2) is 10.6 Å². The van der Waals surface area contributed by atoms with E-state index in [4.69, 9.17) is 12.2 Å². The lowest BCUT2D eigenvalue weighted by Gasteiger charge is -2.37. The Balaban J connectivity index is 1.44. The van der Waals surface area contributed by atoms with Crippen molar-refractivity contribution in [2.75, 3.05) is 0 Å². The molecule has 2 saturated carbocycles. The zero-order valence-electron chi connectivity index (χ0n) is 17.6. The van der Waals surface area contributed by atoms with Crippen molar-refractivity contribution in [1.82, 2.24) is 19.7 Å². The first-order chi connectivity index (χ1) is 14.1. The highest BCUT2D eigenvalue weighted by Gasteiger charge is 2.38. The molecule has 2 fully saturated rings. The molecule has 29 heavy (non-hydrogen) atoms. The second-order valence-electron chi connectivity index (χ2n) is 8.74. The second kappa shape index (κ2) is 8.82. The van der Waals surface area contributed by atoms with Gasteiger partial charge in [0.2, 0.25) is 5.91 Å². The van der Waals surface area contributed by atoms with Crippen molar-refractivity contribution in [2.24, 2.45) is 5.92 Å². The van der Waals surface area contributed by atoms with Gasteiger partial charge in [-0.3, -0.25) is 14.5 Å². The van der Waals surface area contributed by atoms with Crippen molar-refractivity contribution < 1.29 is 4.79 Å². The molecule has 0 atom stereocenters. The molecule has 0 bridgehead atoms. The fourth-order valence-corrected chi connectivity index (χ4v) is 4.90. The molecule has 5 nitrogen and oxygen atoms in total. The summed E-state index contributed by atoms with van der Waals surface area (Å²) in [5, 5.41) is 7.32. The minimum Gasteiger partial charge on any atom is -0.337 e. The topological polar surface area (TPSA) is 53.9 Å². The van der Waals surface area contributed by atoms with Gasteiger partial charge in [0, 0.05) is 30.6 Å². The third kappa shape index (κ3) is 4.63. The molecule has 0 radical (unpaired) electrons. The molecule has 2 aliphatic rings. The number of aromatic nitrogens is 3. The molecule has 1 aromatic carbocycles. The highest BCUT2D eigenvalue weighted by atomic mass is 32.1. The predicted octanol–water partition coefficient (Wildman–Crippen LogP) is 5.27. The van der Waals surface area contributed by atoms with Crippen LogP contribution in [0.1, 0.15) is 63.9 Å². The number of hydrogen-bond acceptors (Lipinski definition) is 3. The number of amides is 1. The van der Waals surface area contributed by atoms with Crippen LogP contribution in [0.25, 0.3) is 11.4 Å². The molecule has 2 aliphatic carbocycles. The third-order valence-corrected chi connectivity index (χ3v) is 6.94. The van der Waals surface area contributed by atoms with Crippen molar-refractivity contribution in [3.8, 4) is 11.4 Å². The number of H-pyrrole nitrogens is 1. The Bertz CT molecular complexity index is 888. The lowest BCUT2D eigenvalue weighted by Crippen LogP contribution is -2.44. The summed E-state index contributed by atoms with van der Waals surface area (Å²) in [6.45, 7) is 4.93. The summed E-state index contributed by atoms with van der Waals surface area (Å²) < 4.78 is 2.55. The second-order valence-corrected chi connectivity index (χ2v) is 9.12. The van der Waals surface area contributed by atoms with E-state index in [2.05, 4.69) is 53.2 Å². The van der Waals surface area contributed by atoms with E-state index >= 15 is 0 Å². The summed E-state index contributed by atoms with van der Waals surface area (Å²) in [6.07, 6.45) is 8.95. The fraction of sp³-hybridized carbons (Fsp3) is 0.609. The SMILES string of the molecule is CCC1CCC(N(C(=O)CCn2c(-c3ccc(C)cc3)n[nH]c2=S)C2CC2)CC1. The summed E-state index contributed by atoms with van der Waals surface area (Å²) in [4.78, 5) is 15.5. The zero-order chi connectivity index (χ0) is 20.4. The number of nitrogens with one attached hydrogen (secondary N) is 1. The van der Waals surface area contributed by atoms with Crippen LogP contribution in [-0.2, 0) is 11.3 Å². The maximum Gasteiger partial charge on any atom is 0.224 e. The number of rotatable bonds is 7. The summed E-state index contributed by atoms with van der Waals surface area (Å²) in [5.74, 6) is 1.94. The van der Waals surface area contributed by atoms with E-state index in [0.717, 1.165) is 17.3 Å². The molecular formula is C23H32N4OS. The Labute approximate surface area is 178 Å². The average molecular weight is 413 g/mol. The Morgan fingerprint density at radius 3 is 2.34 bits per heavy atom. The molecule has 1 amide bonds. The highest BCUT2D eigenvalue weighted by Crippen LogP contribution is 2.36. The van der Waals surface area contributed by atoms with Crippen LogP contribution in [0.15, 0.2) is 24.3 Å². The molecule has 1 heterocycles. The zero-order valence-corrected chi connectivity index (χ0v) is 18.4. The number of carbonyl (C=O) groups is 1. The van der Waals surface area contributed by atoms with Crippen molar-refractivity contribution >= 4 is 18.1 Å². The smallest absolute Gasteiger partial charge is 0.224 e. The molecule has 0 saturated heterocycles. The monoisotopic (exact) mass is 412 g/mol. The van der Waals surface area contributed by atoms with Gasteiger partial charge in [0.05, 0.1) is 0 Å². The van der Waals surface area contributed by atoms with Gasteiger partial charge in [-0.25, -0.2) is 0 Å². The maximum absolute atomic E-state index is 13.2. The van der Waals surface area contributed by atoms with Gasteiger partial charge in [0.25, 0.3) is 0 Å². The molecule has 1 aromatic heterocycles. The van der Waals surface area contributed by atoms with Gasteiger partial charge in [-0.1, -0.05) is 43.2 Å². The summed E-state index contributed by atoms with van der Waals surface area (Å²) in [5.41, 5.74) is 2.23. The Morgan fingerprint density at radius 2 is 1.76 bits per heavy atom. The van der Waals surface area contributed by atoms with Gasteiger partial charge < -0.3 is 4.90 Å². The van der Waals surface area contributed by atoms with Gasteiger partial charge in [-0.15, -0.1) is 0 Å². The van der Waals surface area contributed by atoms with E-state index in [1.54, 1.807) is 0 Å². The molecule has 0 aliphatic heterocycles. The number of aryl methyl sites for hydroxylation is 1. The number of hydrogen-bond donors (Lipinski definition) is 1. The standard InChI is InChI=1S/C23H32N4OS/c1-3-17-6-10-19(11-7-17)27(20-12-13-20)21(28)14-15-26-22(24-25-23(26)29)18-8-4-16(2)5-9-18/h4-5,8-9,17,19-20H,3,6-7,10-15H2,1-2H3,(H,25,29). The number of aromatic amines is 1. The van der Waals surface area contributed by atoms with E-state index < -0.39 is 0 Å². The normalized spacial score (nSPS) is 21.9. The lowest BCUT2D eigenvalue weighted by atomic mass is 9.83. The van der Waals surface area contributed by atoms with E-state index in [1.165, 1.54) is 50.5 Å². The summed E-state index contributed by atoms with van der Waals surface area (Å²) in [7, 11) is 0.